The van der Waals surface area contributed by atoms with Crippen molar-refractivity contribution in [2.75, 3.05) is 13.2 Å². The summed E-state index contributed by atoms with van der Waals surface area (Å²) in [4.78, 5) is 0. The van der Waals surface area contributed by atoms with Gasteiger partial charge in [0.25, 0.3) is 0 Å². The van der Waals surface area contributed by atoms with Gasteiger partial charge in [-0.3, -0.25) is 0 Å². The average molecular weight is 314 g/mol. The van der Waals surface area contributed by atoms with Gasteiger partial charge >= 0.3 is 60.0 Å². The van der Waals surface area contributed by atoms with Gasteiger partial charge in [-0.05, 0) is 0 Å². The molecule has 3 heteroatoms. The third kappa shape index (κ3) is 4.95. The third-order valence-corrected chi connectivity index (χ3v) is 5.46. The van der Waals surface area contributed by atoms with Crippen LogP contribution in [0.4, 0.5) is 0 Å². The number of rotatable bonds is 4. The number of hydrogen-bond donors (Lipinski definition) is 0. The van der Waals surface area contributed by atoms with Crippen molar-refractivity contribution in [3.63, 3.8) is 0 Å². The van der Waals surface area contributed by atoms with Crippen LogP contribution in [0.5, 0.6) is 0 Å². The molecule has 0 radical (unpaired) electrons. The molecule has 0 unspecified atom stereocenters. The van der Waals surface area contributed by atoms with E-state index in [0.717, 1.165) is 13.2 Å². The van der Waals surface area contributed by atoms with Crippen molar-refractivity contribution in [1.29, 1.82) is 0 Å². The molecule has 0 aromatic heterocycles. The van der Waals surface area contributed by atoms with E-state index < -0.39 is 22.6 Å². The first-order valence-corrected chi connectivity index (χ1v) is 9.12. The maximum absolute atomic E-state index is 5.26. The molecule has 0 aliphatic carbocycles. The zero-order valence-electron chi connectivity index (χ0n) is 5.68. The standard InChI is InChI=1S/2C2H5O.CH3.Bi/c2*1-2-3;;/h2*2H2,1H3;1H3;/q2*-1;;+2. The molecule has 8 heavy (non-hydrogen) atoms. The van der Waals surface area contributed by atoms with Gasteiger partial charge in [-0.2, -0.15) is 0 Å². The normalized spacial score (nSPS) is 10.5. The first-order valence-electron chi connectivity index (χ1n) is 2.80. The van der Waals surface area contributed by atoms with E-state index in [0.29, 0.717) is 0 Å². The molecule has 0 fully saturated rings. The van der Waals surface area contributed by atoms with Crippen LogP contribution in [-0.2, 0) is 5.63 Å². The van der Waals surface area contributed by atoms with Gasteiger partial charge in [-0.25, -0.2) is 0 Å². The molecule has 0 aromatic rings. The summed E-state index contributed by atoms with van der Waals surface area (Å²) in [5.74, 6) is 0. The van der Waals surface area contributed by atoms with E-state index >= 15 is 0 Å². The molecule has 0 amide bonds. The fourth-order valence-electron chi connectivity index (χ4n) is 0.401. The Kier molecular flexibility index (Phi) is 6.53. The molecular formula is C5H13BiO2. The summed E-state index contributed by atoms with van der Waals surface area (Å²) < 4.78 is 12.6. The van der Waals surface area contributed by atoms with Crippen molar-refractivity contribution in [1.82, 2.24) is 0 Å². The first-order chi connectivity index (χ1) is 3.81. The summed E-state index contributed by atoms with van der Waals surface area (Å²) in [6, 6.07) is 0. The molecule has 0 saturated carbocycles. The Hall–Kier alpha value is 0.803. The van der Waals surface area contributed by atoms with Crippen LogP contribution in [0.1, 0.15) is 13.8 Å². The Morgan fingerprint density at radius 3 is 1.75 bits per heavy atom. The number of hydrogen-bond acceptors (Lipinski definition) is 2. The van der Waals surface area contributed by atoms with E-state index in [-0.39, 0.29) is 0 Å². The van der Waals surface area contributed by atoms with Crippen LogP contribution in [0.2, 0.25) is 4.63 Å². The molecule has 0 saturated heterocycles. The molecular weight excluding hydrogens is 301 g/mol. The van der Waals surface area contributed by atoms with Crippen LogP contribution < -0.4 is 0 Å². The van der Waals surface area contributed by atoms with E-state index in [1.807, 2.05) is 13.8 Å². The molecule has 50 valence electrons. The van der Waals surface area contributed by atoms with Crippen molar-refractivity contribution >= 4 is 22.6 Å². The summed E-state index contributed by atoms with van der Waals surface area (Å²) in [5.41, 5.74) is 0. The summed E-state index contributed by atoms with van der Waals surface area (Å²) in [6.45, 7) is 5.64. The summed E-state index contributed by atoms with van der Waals surface area (Å²) >= 11 is -1.75. The zero-order chi connectivity index (χ0) is 6.41. The van der Waals surface area contributed by atoms with Crippen molar-refractivity contribution < 1.29 is 5.63 Å². The molecule has 0 bridgehead atoms. The van der Waals surface area contributed by atoms with E-state index in [2.05, 4.69) is 4.63 Å². The Bertz CT molecular complexity index is 43.7. The topological polar surface area (TPSA) is 18.5 Å². The van der Waals surface area contributed by atoms with E-state index in [4.69, 9.17) is 5.63 Å². The van der Waals surface area contributed by atoms with Crippen LogP contribution in [0, 0.1) is 0 Å². The second-order valence-corrected chi connectivity index (χ2v) is 6.70. The van der Waals surface area contributed by atoms with Gasteiger partial charge in [0.2, 0.25) is 0 Å². The maximum atomic E-state index is 5.26. The zero-order valence-corrected chi connectivity index (χ0v) is 9.15. The fraction of sp³-hybridized carbons (Fsp3) is 1.00. The molecule has 0 aromatic carbocycles. The molecule has 0 aliphatic heterocycles. The summed E-state index contributed by atoms with van der Waals surface area (Å²) in [5, 5.41) is 0. The Labute approximate surface area is 60.1 Å². The minimum atomic E-state index is -1.75. The molecule has 0 heterocycles. The third-order valence-electron chi connectivity index (χ3n) is 0.622. The molecule has 0 spiro atoms. The Morgan fingerprint density at radius 1 is 1.12 bits per heavy atom. The minimum absolute atomic E-state index is 0.814. The van der Waals surface area contributed by atoms with E-state index in [1.165, 1.54) is 0 Å². The first kappa shape index (κ1) is 8.80. The van der Waals surface area contributed by atoms with Gasteiger partial charge < -0.3 is 0 Å². The van der Waals surface area contributed by atoms with Crippen LogP contribution in [0.25, 0.3) is 0 Å². The van der Waals surface area contributed by atoms with E-state index in [9.17, 15) is 0 Å². The Morgan fingerprint density at radius 2 is 1.50 bits per heavy atom. The van der Waals surface area contributed by atoms with Crippen LogP contribution in [0.15, 0.2) is 0 Å². The van der Waals surface area contributed by atoms with Gasteiger partial charge in [0.1, 0.15) is 0 Å². The summed E-state index contributed by atoms with van der Waals surface area (Å²) in [6.07, 6.45) is 0. The van der Waals surface area contributed by atoms with E-state index in [1.54, 1.807) is 0 Å². The van der Waals surface area contributed by atoms with Crippen molar-refractivity contribution in [3.05, 3.63) is 0 Å². The van der Waals surface area contributed by atoms with Crippen LogP contribution >= 0.6 is 0 Å². The van der Waals surface area contributed by atoms with Gasteiger partial charge in [0.15, 0.2) is 0 Å². The predicted octanol–water partition coefficient (Wildman–Crippen LogP) is 1.18. The molecule has 0 N–H and O–H groups in total. The SMILES string of the molecule is CC[O][Bi]([CH3])[O]CC. The van der Waals surface area contributed by atoms with Crippen LogP contribution in [0.3, 0.4) is 0 Å². The predicted molar refractivity (Wildman–Crippen MR) is 34.9 cm³/mol. The molecule has 0 aliphatic rings. The van der Waals surface area contributed by atoms with Crippen LogP contribution in [-0.4, -0.2) is 35.8 Å². The van der Waals surface area contributed by atoms with Crippen molar-refractivity contribution in [3.8, 4) is 0 Å². The summed E-state index contributed by atoms with van der Waals surface area (Å²) in [7, 11) is 0. The van der Waals surface area contributed by atoms with Gasteiger partial charge in [-0.15, -0.1) is 0 Å². The second kappa shape index (κ2) is 5.93. The average Bonchev–Trinajstić information content (AvgIpc) is 1.68. The van der Waals surface area contributed by atoms with Gasteiger partial charge in [0.05, 0.1) is 0 Å². The molecule has 0 atom stereocenters. The van der Waals surface area contributed by atoms with Gasteiger partial charge in [-0.1, -0.05) is 0 Å². The molecule has 0 rings (SSSR count). The second-order valence-electron chi connectivity index (χ2n) is 1.28. The monoisotopic (exact) mass is 314 g/mol. The van der Waals surface area contributed by atoms with Crippen molar-refractivity contribution in [2.24, 2.45) is 0 Å². The Balaban J connectivity index is 2.92. The molecule has 2 nitrogen and oxygen atoms in total. The van der Waals surface area contributed by atoms with Crippen molar-refractivity contribution in [2.45, 2.75) is 18.5 Å². The quantitative estimate of drug-likeness (QED) is 0.726. The fourth-order valence-corrected chi connectivity index (χ4v) is 3.52. The van der Waals surface area contributed by atoms with Gasteiger partial charge in [0, 0.05) is 0 Å².